The molecule has 102 valence electrons. The maximum atomic E-state index is 12.3. The molecule has 1 unspecified atom stereocenters. The van der Waals surface area contributed by atoms with E-state index < -0.39 is 5.79 Å². The highest BCUT2D eigenvalue weighted by Gasteiger charge is 2.50. The van der Waals surface area contributed by atoms with E-state index in [-0.39, 0.29) is 16.9 Å². The van der Waals surface area contributed by atoms with Crippen LogP contribution in [0.5, 0.6) is 5.75 Å². The summed E-state index contributed by atoms with van der Waals surface area (Å²) in [4.78, 5) is 12.3. The number of benzene rings is 1. The summed E-state index contributed by atoms with van der Waals surface area (Å²) in [6.07, 6.45) is 1.44. The van der Waals surface area contributed by atoms with Crippen molar-refractivity contribution in [3.8, 4) is 5.75 Å². The number of carbonyl (C=O) groups is 1. The highest BCUT2D eigenvalue weighted by molar-refractivity contribution is 5.99. The molecule has 1 atom stereocenters. The molecular weight excluding hydrogens is 244 g/mol. The summed E-state index contributed by atoms with van der Waals surface area (Å²) in [5.74, 6) is -1.38. The maximum absolute atomic E-state index is 12.3. The van der Waals surface area contributed by atoms with Crippen LogP contribution in [0, 0.1) is 5.41 Å². The van der Waals surface area contributed by atoms with Gasteiger partial charge in [0.1, 0.15) is 11.5 Å². The fraction of sp³-hybridized carbons (Fsp3) is 0.400. The van der Waals surface area contributed by atoms with E-state index in [4.69, 9.17) is 9.47 Å². The van der Waals surface area contributed by atoms with Crippen molar-refractivity contribution in [2.45, 2.75) is 26.6 Å². The third-order valence-corrected chi connectivity index (χ3v) is 3.13. The lowest BCUT2D eigenvalue weighted by Crippen LogP contribution is -2.36. The van der Waals surface area contributed by atoms with Crippen molar-refractivity contribution in [3.63, 3.8) is 0 Å². The lowest BCUT2D eigenvalue weighted by Gasteiger charge is -2.30. The van der Waals surface area contributed by atoms with Crippen molar-refractivity contribution in [2.75, 3.05) is 7.11 Å². The van der Waals surface area contributed by atoms with Gasteiger partial charge >= 0.3 is 5.79 Å². The zero-order chi connectivity index (χ0) is 14.3. The van der Waals surface area contributed by atoms with Gasteiger partial charge in [-0.3, -0.25) is 4.79 Å². The molecule has 1 heterocycles. The minimum atomic E-state index is -1.58. The second kappa shape index (κ2) is 4.38. The van der Waals surface area contributed by atoms with Crippen LogP contribution in [0.1, 0.15) is 26.3 Å². The first kappa shape index (κ1) is 13.6. The Morgan fingerprint density at radius 3 is 2.37 bits per heavy atom. The SMILES string of the molecule is COC1(c2ccccc2O)OC(C(C)(C)C)=CC1=O. The Labute approximate surface area is 112 Å². The van der Waals surface area contributed by atoms with Gasteiger partial charge in [-0.15, -0.1) is 0 Å². The van der Waals surface area contributed by atoms with E-state index in [0.717, 1.165) is 0 Å². The van der Waals surface area contributed by atoms with Crippen molar-refractivity contribution in [1.82, 2.24) is 0 Å². The van der Waals surface area contributed by atoms with Crippen LogP contribution in [0.25, 0.3) is 0 Å². The molecule has 1 aliphatic heterocycles. The number of hydrogen-bond donors (Lipinski definition) is 1. The van der Waals surface area contributed by atoms with Crippen molar-refractivity contribution in [1.29, 1.82) is 0 Å². The number of hydrogen-bond acceptors (Lipinski definition) is 4. The van der Waals surface area contributed by atoms with Gasteiger partial charge in [-0.25, -0.2) is 0 Å². The van der Waals surface area contributed by atoms with Crippen LogP contribution in [-0.2, 0) is 20.1 Å². The van der Waals surface area contributed by atoms with E-state index in [1.54, 1.807) is 18.2 Å². The van der Waals surface area contributed by atoms with Crippen molar-refractivity contribution in [3.05, 3.63) is 41.7 Å². The highest BCUT2D eigenvalue weighted by Crippen LogP contribution is 2.44. The van der Waals surface area contributed by atoms with Gasteiger partial charge in [0, 0.05) is 18.6 Å². The number of phenols is 1. The van der Waals surface area contributed by atoms with Gasteiger partial charge in [0.05, 0.1) is 5.56 Å². The quantitative estimate of drug-likeness (QED) is 0.890. The molecule has 0 fully saturated rings. The van der Waals surface area contributed by atoms with Crippen molar-refractivity contribution >= 4 is 5.78 Å². The Morgan fingerprint density at radius 2 is 1.89 bits per heavy atom. The minimum Gasteiger partial charge on any atom is -0.507 e. The number of para-hydroxylation sites is 1. The third-order valence-electron chi connectivity index (χ3n) is 3.13. The standard InChI is InChI=1S/C15H18O4/c1-14(2,3)13-9-12(17)15(18-4,19-13)10-7-5-6-8-11(10)16/h5-9,16H,1-4H3. The first-order chi connectivity index (χ1) is 8.81. The number of ether oxygens (including phenoxy) is 2. The summed E-state index contributed by atoms with van der Waals surface area (Å²) in [6, 6.07) is 6.53. The van der Waals surface area contributed by atoms with E-state index in [2.05, 4.69) is 0 Å². The van der Waals surface area contributed by atoms with Crippen LogP contribution in [0.2, 0.25) is 0 Å². The lowest BCUT2D eigenvalue weighted by molar-refractivity contribution is -0.200. The molecule has 0 spiro atoms. The fourth-order valence-corrected chi connectivity index (χ4v) is 2.01. The molecule has 2 rings (SSSR count). The number of methoxy groups -OCH3 is 1. The van der Waals surface area contributed by atoms with Gasteiger partial charge in [-0.1, -0.05) is 32.9 Å². The summed E-state index contributed by atoms with van der Waals surface area (Å²) in [6.45, 7) is 5.84. The number of allylic oxidation sites excluding steroid dienone is 1. The first-order valence-electron chi connectivity index (χ1n) is 6.10. The molecule has 0 saturated heterocycles. The zero-order valence-electron chi connectivity index (χ0n) is 11.6. The number of rotatable bonds is 2. The Bertz CT molecular complexity index is 539. The molecular formula is C15H18O4. The summed E-state index contributed by atoms with van der Waals surface area (Å²) < 4.78 is 11.1. The van der Waals surface area contributed by atoms with Crippen molar-refractivity contribution < 1.29 is 19.4 Å². The van der Waals surface area contributed by atoms with Crippen LogP contribution in [-0.4, -0.2) is 18.0 Å². The van der Waals surface area contributed by atoms with Crippen LogP contribution >= 0.6 is 0 Å². The summed E-state index contributed by atoms with van der Waals surface area (Å²) in [7, 11) is 1.39. The van der Waals surface area contributed by atoms with Crippen molar-refractivity contribution in [2.24, 2.45) is 5.41 Å². The molecule has 19 heavy (non-hydrogen) atoms. The number of phenolic OH excluding ortho intramolecular Hbond substituents is 1. The molecule has 4 nitrogen and oxygen atoms in total. The fourth-order valence-electron chi connectivity index (χ4n) is 2.01. The average Bonchev–Trinajstić information content (AvgIpc) is 2.68. The molecule has 1 aromatic rings. The second-order valence-corrected chi connectivity index (χ2v) is 5.56. The Morgan fingerprint density at radius 1 is 1.26 bits per heavy atom. The monoisotopic (exact) mass is 262 g/mol. The zero-order valence-corrected chi connectivity index (χ0v) is 11.6. The topological polar surface area (TPSA) is 55.8 Å². The summed E-state index contributed by atoms with van der Waals surface area (Å²) in [5, 5.41) is 9.94. The molecule has 4 heteroatoms. The molecule has 1 aliphatic rings. The maximum Gasteiger partial charge on any atom is 0.305 e. The number of carbonyl (C=O) groups excluding carboxylic acids is 1. The van der Waals surface area contributed by atoms with Crippen LogP contribution in [0.4, 0.5) is 0 Å². The largest absolute Gasteiger partial charge is 0.507 e. The molecule has 1 aromatic carbocycles. The smallest absolute Gasteiger partial charge is 0.305 e. The van der Waals surface area contributed by atoms with Crippen LogP contribution < -0.4 is 0 Å². The van der Waals surface area contributed by atoms with Gasteiger partial charge in [-0.05, 0) is 12.1 Å². The highest BCUT2D eigenvalue weighted by atomic mass is 16.7. The molecule has 0 bridgehead atoms. The van der Waals surface area contributed by atoms with E-state index in [1.165, 1.54) is 19.3 Å². The molecule has 0 radical (unpaired) electrons. The second-order valence-electron chi connectivity index (χ2n) is 5.56. The van der Waals surface area contributed by atoms with E-state index >= 15 is 0 Å². The predicted octanol–water partition coefficient (Wildman–Crippen LogP) is 2.72. The van der Waals surface area contributed by atoms with Gasteiger partial charge < -0.3 is 14.6 Å². The predicted molar refractivity (Wildman–Crippen MR) is 70.4 cm³/mol. The van der Waals surface area contributed by atoms with Gasteiger partial charge in [0.15, 0.2) is 0 Å². The lowest BCUT2D eigenvalue weighted by atomic mass is 9.94. The molecule has 0 aliphatic carbocycles. The van der Waals surface area contributed by atoms with Gasteiger partial charge in [0.2, 0.25) is 5.78 Å². The first-order valence-corrected chi connectivity index (χ1v) is 6.10. The average molecular weight is 262 g/mol. The van der Waals surface area contributed by atoms with E-state index in [1.807, 2.05) is 20.8 Å². The van der Waals surface area contributed by atoms with E-state index in [0.29, 0.717) is 11.3 Å². The van der Waals surface area contributed by atoms with Crippen LogP contribution in [0.3, 0.4) is 0 Å². The number of aromatic hydroxyl groups is 1. The normalized spacial score (nSPS) is 23.2. The van der Waals surface area contributed by atoms with E-state index in [9.17, 15) is 9.90 Å². The van der Waals surface area contributed by atoms with Gasteiger partial charge in [-0.2, -0.15) is 0 Å². The molecule has 1 N–H and O–H groups in total. The third kappa shape index (κ3) is 2.12. The molecule has 0 aromatic heterocycles. The molecule has 0 saturated carbocycles. The van der Waals surface area contributed by atoms with Crippen LogP contribution in [0.15, 0.2) is 36.1 Å². The Hall–Kier alpha value is -1.81. The Kier molecular flexibility index (Phi) is 3.14. The number of ketones is 1. The summed E-state index contributed by atoms with van der Waals surface area (Å²) in [5.41, 5.74) is 0.0124. The Balaban J connectivity index is 2.49. The van der Waals surface area contributed by atoms with Gasteiger partial charge in [0.25, 0.3) is 0 Å². The molecule has 0 amide bonds. The summed E-state index contributed by atoms with van der Waals surface area (Å²) >= 11 is 0. The minimum absolute atomic E-state index is 0.0266.